The summed E-state index contributed by atoms with van der Waals surface area (Å²) in [4.78, 5) is 14.2. The number of piperidine rings is 1. The first-order valence-electron chi connectivity index (χ1n) is 7.27. The van der Waals surface area contributed by atoms with Gasteiger partial charge in [0.05, 0.1) is 6.04 Å². The summed E-state index contributed by atoms with van der Waals surface area (Å²) in [6, 6.07) is 7.62. The second-order valence-electron chi connectivity index (χ2n) is 6.53. The summed E-state index contributed by atoms with van der Waals surface area (Å²) in [5.41, 5.74) is 6.62. The molecule has 0 radical (unpaired) electrons. The molecule has 1 aromatic carbocycles. The molecule has 2 unspecified atom stereocenters. The van der Waals surface area contributed by atoms with E-state index in [0.29, 0.717) is 11.6 Å². The van der Waals surface area contributed by atoms with Gasteiger partial charge in [-0.05, 0) is 51.3 Å². The molecule has 0 aromatic heterocycles. The summed E-state index contributed by atoms with van der Waals surface area (Å²) in [6.45, 7) is 6.23. The predicted octanol–water partition coefficient (Wildman–Crippen LogP) is 3.74. The fraction of sp³-hybridized carbons (Fsp3) is 0.562. The summed E-state index contributed by atoms with van der Waals surface area (Å²) in [7, 11) is 0. The minimum atomic E-state index is -0.499. The molecule has 5 heteroatoms. The molecule has 1 fully saturated rings. The molecule has 1 amide bonds. The lowest BCUT2D eigenvalue weighted by Crippen LogP contribution is -2.46. The monoisotopic (exact) mass is 310 g/mol. The van der Waals surface area contributed by atoms with Crippen molar-refractivity contribution in [3.8, 4) is 0 Å². The predicted molar refractivity (Wildman–Crippen MR) is 84.3 cm³/mol. The highest BCUT2D eigenvalue weighted by molar-refractivity contribution is 6.30. The Kier molecular flexibility index (Phi) is 4.79. The Balaban J connectivity index is 2.21. The van der Waals surface area contributed by atoms with Crippen LogP contribution in [0.5, 0.6) is 0 Å². The van der Waals surface area contributed by atoms with E-state index in [9.17, 15) is 4.79 Å². The summed E-state index contributed by atoms with van der Waals surface area (Å²) < 4.78 is 5.51. The highest BCUT2D eigenvalue weighted by Gasteiger charge is 2.33. The Morgan fingerprint density at radius 1 is 1.33 bits per heavy atom. The SMILES string of the molecule is CC(C)(C)OC(=O)N1CCC(N)CC1c1ccc(Cl)cc1. The van der Waals surface area contributed by atoms with E-state index in [2.05, 4.69) is 0 Å². The summed E-state index contributed by atoms with van der Waals surface area (Å²) in [5, 5.41) is 0.683. The Morgan fingerprint density at radius 2 is 1.95 bits per heavy atom. The normalized spacial score (nSPS) is 23.0. The number of rotatable bonds is 1. The van der Waals surface area contributed by atoms with Crippen LogP contribution in [-0.2, 0) is 4.74 Å². The molecule has 1 saturated heterocycles. The van der Waals surface area contributed by atoms with E-state index in [1.54, 1.807) is 4.90 Å². The number of benzene rings is 1. The Bertz CT molecular complexity index is 496. The largest absolute Gasteiger partial charge is 0.444 e. The van der Waals surface area contributed by atoms with Crippen LogP contribution >= 0.6 is 11.6 Å². The lowest BCUT2D eigenvalue weighted by atomic mass is 9.92. The summed E-state index contributed by atoms with van der Waals surface area (Å²) >= 11 is 5.94. The molecule has 116 valence electrons. The zero-order valence-electron chi connectivity index (χ0n) is 12.8. The molecule has 2 N–H and O–H groups in total. The fourth-order valence-electron chi connectivity index (χ4n) is 2.53. The lowest BCUT2D eigenvalue weighted by molar-refractivity contribution is 0.00797. The van der Waals surface area contributed by atoms with Gasteiger partial charge in [0.25, 0.3) is 0 Å². The van der Waals surface area contributed by atoms with Gasteiger partial charge in [-0.15, -0.1) is 0 Å². The van der Waals surface area contributed by atoms with Gasteiger partial charge in [0, 0.05) is 17.6 Å². The second-order valence-corrected chi connectivity index (χ2v) is 6.96. The number of likely N-dealkylation sites (tertiary alicyclic amines) is 1. The smallest absolute Gasteiger partial charge is 0.410 e. The van der Waals surface area contributed by atoms with Crippen molar-refractivity contribution < 1.29 is 9.53 Å². The van der Waals surface area contributed by atoms with E-state index >= 15 is 0 Å². The average Bonchev–Trinajstić information content (AvgIpc) is 2.37. The first-order chi connectivity index (χ1) is 9.76. The Morgan fingerprint density at radius 3 is 2.52 bits per heavy atom. The maximum Gasteiger partial charge on any atom is 0.410 e. The summed E-state index contributed by atoms with van der Waals surface area (Å²) in [6.07, 6.45) is 1.25. The van der Waals surface area contributed by atoms with Gasteiger partial charge >= 0.3 is 6.09 Å². The third-order valence-corrected chi connectivity index (χ3v) is 3.78. The van der Waals surface area contributed by atoms with Crippen molar-refractivity contribution in [1.82, 2.24) is 4.90 Å². The van der Waals surface area contributed by atoms with Crippen LogP contribution in [0, 0.1) is 0 Å². The number of amides is 1. The van der Waals surface area contributed by atoms with Crippen LogP contribution in [0.4, 0.5) is 4.79 Å². The Hall–Kier alpha value is -1.26. The first kappa shape index (κ1) is 16.1. The van der Waals surface area contributed by atoms with Crippen LogP contribution in [0.15, 0.2) is 24.3 Å². The van der Waals surface area contributed by atoms with Gasteiger partial charge in [0.1, 0.15) is 5.60 Å². The number of hydrogen-bond donors (Lipinski definition) is 1. The molecule has 0 spiro atoms. The van der Waals surface area contributed by atoms with Crippen LogP contribution in [0.25, 0.3) is 0 Å². The van der Waals surface area contributed by atoms with Crippen molar-refractivity contribution in [2.45, 2.75) is 51.3 Å². The van der Waals surface area contributed by atoms with Crippen LogP contribution in [0.3, 0.4) is 0 Å². The zero-order chi connectivity index (χ0) is 15.6. The molecule has 4 nitrogen and oxygen atoms in total. The van der Waals surface area contributed by atoms with Crippen molar-refractivity contribution >= 4 is 17.7 Å². The molecule has 0 aliphatic carbocycles. The summed E-state index contributed by atoms with van der Waals surface area (Å²) in [5.74, 6) is 0. The third kappa shape index (κ3) is 4.35. The molecule has 0 bridgehead atoms. The van der Waals surface area contributed by atoms with E-state index < -0.39 is 5.60 Å². The van der Waals surface area contributed by atoms with Crippen LogP contribution in [0.1, 0.15) is 45.2 Å². The van der Waals surface area contributed by atoms with Gasteiger partial charge in [-0.3, -0.25) is 0 Å². The molecule has 1 aliphatic heterocycles. The number of halogens is 1. The molecule has 2 rings (SSSR count). The van der Waals surface area contributed by atoms with Gasteiger partial charge in [-0.25, -0.2) is 4.79 Å². The fourth-order valence-corrected chi connectivity index (χ4v) is 2.66. The first-order valence-corrected chi connectivity index (χ1v) is 7.65. The molecule has 1 heterocycles. The highest BCUT2D eigenvalue weighted by atomic mass is 35.5. The number of hydrogen-bond acceptors (Lipinski definition) is 3. The third-order valence-electron chi connectivity index (χ3n) is 3.53. The maximum atomic E-state index is 12.4. The van der Waals surface area contributed by atoms with E-state index in [1.807, 2.05) is 45.0 Å². The minimum Gasteiger partial charge on any atom is -0.444 e. The van der Waals surface area contributed by atoms with Crippen molar-refractivity contribution in [2.24, 2.45) is 5.73 Å². The molecule has 1 aromatic rings. The molecular weight excluding hydrogens is 288 g/mol. The van der Waals surface area contributed by atoms with Crippen LogP contribution in [-0.4, -0.2) is 29.2 Å². The van der Waals surface area contributed by atoms with Crippen molar-refractivity contribution in [1.29, 1.82) is 0 Å². The van der Waals surface area contributed by atoms with Gasteiger partial charge in [0.2, 0.25) is 0 Å². The number of nitrogens with two attached hydrogens (primary N) is 1. The van der Waals surface area contributed by atoms with Gasteiger partial charge < -0.3 is 15.4 Å². The molecule has 0 saturated carbocycles. The molecule has 2 atom stereocenters. The van der Waals surface area contributed by atoms with Crippen LogP contribution in [0.2, 0.25) is 5.02 Å². The van der Waals surface area contributed by atoms with Gasteiger partial charge in [0.15, 0.2) is 0 Å². The van der Waals surface area contributed by atoms with E-state index in [0.717, 1.165) is 18.4 Å². The van der Waals surface area contributed by atoms with Crippen molar-refractivity contribution in [2.75, 3.05) is 6.54 Å². The molecule has 1 aliphatic rings. The second kappa shape index (κ2) is 6.24. The minimum absolute atomic E-state index is 0.0548. The number of carbonyl (C=O) groups is 1. The van der Waals surface area contributed by atoms with Crippen molar-refractivity contribution in [3.63, 3.8) is 0 Å². The van der Waals surface area contributed by atoms with E-state index in [1.165, 1.54) is 0 Å². The highest BCUT2D eigenvalue weighted by Crippen LogP contribution is 2.32. The van der Waals surface area contributed by atoms with E-state index in [4.69, 9.17) is 22.1 Å². The average molecular weight is 311 g/mol. The molecular formula is C16H23ClN2O2. The van der Waals surface area contributed by atoms with Gasteiger partial charge in [-0.2, -0.15) is 0 Å². The quantitative estimate of drug-likeness (QED) is 0.859. The van der Waals surface area contributed by atoms with E-state index in [-0.39, 0.29) is 18.2 Å². The van der Waals surface area contributed by atoms with Crippen LogP contribution < -0.4 is 5.73 Å². The zero-order valence-corrected chi connectivity index (χ0v) is 13.6. The lowest BCUT2D eigenvalue weighted by Gasteiger charge is -2.39. The molecule has 21 heavy (non-hydrogen) atoms. The maximum absolute atomic E-state index is 12.4. The number of nitrogens with zero attached hydrogens (tertiary/aromatic N) is 1. The van der Waals surface area contributed by atoms with Gasteiger partial charge in [-0.1, -0.05) is 23.7 Å². The van der Waals surface area contributed by atoms with Crippen molar-refractivity contribution in [3.05, 3.63) is 34.9 Å². The number of ether oxygens (including phenoxy) is 1. The number of carbonyl (C=O) groups excluding carboxylic acids is 1. The topological polar surface area (TPSA) is 55.6 Å². The standard InChI is InChI=1S/C16H23ClN2O2/c1-16(2,3)21-15(20)19-9-8-13(18)10-14(19)11-4-6-12(17)7-5-11/h4-7,13-14H,8-10,18H2,1-3H3. The Labute approximate surface area is 131 Å².